The van der Waals surface area contributed by atoms with Crippen molar-refractivity contribution in [2.24, 2.45) is 0 Å². The number of benzene rings is 2. The summed E-state index contributed by atoms with van der Waals surface area (Å²) in [5, 5.41) is 16.5. The summed E-state index contributed by atoms with van der Waals surface area (Å²) in [4.78, 5) is 22.5. The number of anilines is 1. The van der Waals surface area contributed by atoms with E-state index in [0.717, 1.165) is 5.56 Å². The Morgan fingerprint density at radius 3 is 2.62 bits per heavy atom. The minimum absolute atomic E-state index is 0.0161. The van der Waals surface area contributed by atoms with Gasteiger partial charge in [-0.15, -0.1) is 0 Å². The fraction of sp³-hybridized carbons (Fsp3) is 0.278. The van der Waals surface area contributed by atoms with Crippen molar-refractivity contribution < 1.29 is 19.2 Å². The first-order chi connectivity index (χ1) is 12.4. The molecule has 2 aromatic carbocycles. The van der Waals surface area contributed by atoms with Crippen LogP contribution in [0.15, 0.2) is 42.5 Å². The maximum Gasteiger partial charge on any atom is 0.271 e. The molecule has 8 nitrogen and oxygen atoms in total. The Morgan fingerprint density at radius 2 is 1.96 bits per heavy atom. The van der Waals surface area contributed by atoms with Crippen molar-refractivity contribution in [2.75, 3.05) is 26.1 Å². The SMILES string of the molecule is COc1ccc(OC)c([C@H](C)NC(=O)CNc2cccc([N+](=O)[O-])c2)c1. The molecule has 8 heteroatoms. The van der Waals surface area contributed by atoms with Crippen LogP contribution >= 0.6 is 0 Å². The molecule has 0 heterocycles. The Kier molecular flexibility index (Phi) is 6.37. The standard InChI is InChI=1S/C18H21N3O5/c1-12(16-10-15(25-2)7-8-17(16)26-3)20-18(22)11-19-13-5-4-6-14(9-13)21(23)24/h4-10,12,19H,11H2,1-3H3,(H,20,22)/t12-/m0/s1. The minimum Gasteiger partial charge on any atom is -0.497 e. The van der Waals surface area contributed by atoms with Gasteiger partial charge < -0.3 is 20.1 Å². The van der Waals surface area contributed by atoms with E-state index in [-0.39, 0.29) is 24.2 Å². The molecule has 0 saturated carbocycles. The van der Waals surface area contributed by atoms with Crippen LogP contribution in [0.4, 0.5) is 11.4 Å². The summed E-state index contributed by atoms with van der Waals surface area (Å²) in [6.07, 6.45) is 0. The van der Waals surface area contributed by atoms with Crippen molar-refractivity contribution in [1.29, 1.82) is 0 Å². The van der Waals surface area contributed by atoms with Crippen molar-refractivity contribution in [1.82, 2.24) is 5.32 Å². The van der Waals surface area contributed by atoms with Crippen LogP contribution in [-0.4, -0.2) is 31.6 Å². The summed E-state index contributed by atoms with van der Waals surface area (Å²) in [5.41, 5.74) is 1.25. The first-order valence-electron chi connectivity index (χ1n) is 7.94. The van der Waals surface area contributed by atoms with E-state index in [4.69, 9.17) is 9.47 Å². The number of nitrogens with one attached hydrogen (secondary N) is 2. The van der Waals surface area contributed by atoms with Crippen LogP contribution in [0.1, 0.15) is 18.5 Å². The van der Waals surface area contributed by atoms with E-state index >= 15 is 0 Å². The van der Waals surface area contributed by atoms with Gasteiger partial charge >= 0.3 is 0 Å². The Morgan fingerprint density at radius 1 is 1.19 bits per heavy atom. The quantitative estimate of drug-likeness (QED) is 0.555. The lowest BCUT2D eigenvalue weighted by Crippen LogP contribution is -2.32. The molecule has 0 unspecified atom stereocenters. The molecule has 26 heavy (non-hydrogen) atoms. The van der Waals surface area contributed by atoms with E-state index in [0.29, 0.717) is 17.2 Å². The van der Waals surface area contributed by atoms with Gasteiger partial charge in [0.25, 0.3) is 5.69 Å². The van der Waals surface area contributed by atoms with Gasteiger partial charge in [0.05, 0.1) is 31.7 Å². The molecule has 0 aliphatic rings. The highest BCUT2D eigenvalue weighted by Crippen LogP contribution is 2.29. The predicted octanol–water partition coefficient (Wildman–Crippen LogP) is 2.90. The Bertz CT molecular complexity index is 794. The molecule has 2 aromatic rings. The third-order valence-electron chi connectivity index (χ3n) is 3.79. The van der Waals surface area contributed by atoms with Crippen LogP contribution in [0.3, 0.4) is 0 Å². The van der Waals surface area contributed by atoms with Crippen LogP contribution in [-0.2, 0) is 4.79 Å². The van der Waals surface area contributed by atoms with Crippen molar-refractivity contribution in [3.63, 3.8) is 0 Å². The number of carbonyl (C=O) groups is 1. The van der Waals surface area contributed by atoms with Gasteiger partial charge in [0.15, 0.2) is 0 Å². The average molecular weight is 359 g/mol. The number of ether oxygens (including phenoxy) is 2. The molecule has 0 fully saturated rings. The summed E-state index contributed by atoms with van der Waals surface area (Å²) < 4.78 is 10.5. The van der Waals surface area contributed by atoms with Gasteiger partial charge in [-0.1, -0.05) is 6.07 Å². The Hall–Kier alpha value is -3.29. The minimum atomic E-state index is -0.484. The van der Waals surface area contributed by atoms with Crippen LogP contribution in [0.25, 0.3) is 0 Å². The van der Waals surface area contributed by atoms with Gasteiger partial charge in [-0.25, -0.2) is 0 Å². The third-order valence-corrected chi connectivity index (χ3v) is 3.79. The van der Waals surface area contributed by atoms with E-state index in [1.807, 2.05) is 6.92 Å². The third kappa shape index (κ3) is 4.85. The predicted molar refractivity (Wildman–Crippen MR) is 97.7 cm³/mol. The molecular weight excluding hydrogens is 338 g/mol. The number of carbonyl (C=O) groups excluding carboxylic acids is 1. The van der Waals surface area contributed by atoms with E-state index in [2.05, 4.69) is 10.6 Å². The highest BCUT2D eigenvalue weighted by Gasteiger charge is 2.15. The zero-order valence-electron chi connectivity index (χ0n) is 14.8. The molecule has 0 aliphatic carbocycles. The second kappa shape index (κ2) is 8.70. The molecule has 0 spiro atoms. The maximum atomic E-state index is 12.2. The van der Waals surface area contributed by atoms with Crippen molar-refractivity contribution in [3.05, 3.63) is 58.1 Å². The first-order valence-corrected chi connectivity index (χ1v) is 7.94. The van der Waals surface area contributed by atoms with Gasteiger partial charge in [0.1, 0.15) is 11.5 Å². The molecule has 138 valence electrons. The summed E-state index contributed by atoms with van der Waals surface area (Å²) in [6, 6.07) is 11.0. The number of hydrogen-bond acceptors (Lipinski definition) is 6. The van der Waals surface area contributed by atoms with Gasteiger partial charge in [-0.05, 0) is 31.2 Å². The number of nitro benzene ring substituents is 1. The highest BCUT2D eigenvalue weighted by atomic mass is 16.6. The average Bonchev–Trinajstić information content (AvgIpc) is 2.65. The zero-order chi connectivity index (χ0) is 19.1. The van der Waals surface area contributed by atoms with Crippen LogP contribution in [0.2, 0.25) is 0 Å². The summed E-state index contributed by atoms with van der Waals surface area (Å²) in [6.45, 7) is 1.82. The van der Waals surface area contributed by atoms with E-state index in [1.165, 1.54) is 12.1 Å². The van der Waals surface area contributed by atoms with Gasteiger partial charge in [-0.2, -0.15) is 0 Å². The maximum absolute atomic E-state index is 12.2. The van der Waals surface area contributed by atoms with Gasteiger partial charge in [0, 0.05) is 23.4 Å². The Balaban J connectivity index is 1.99. The molecule has 1 atom stereocenters. The largest absolute Gasteiger partial charge is 0.497 e. The van der Waals surface area contributed by atoms with Crippen LogP contribution < -0.4 is 20.1 Å². The van der Waals surface area contributed by atoms with Crippen LogP contribution in [0, 0.1) is 10.1 Å². The highest BCUT2D eigenvalue weighted by molar-refractivity contribution is 5.81. The second-order valence-electron chi connectivity index (χ2n) is 5.56. The summed E-state index contributed by atoms with van der Waals surface area (Å²) >= 11 is 0. The van der Waals surface area contributed by atoms with E-state index < -0.39 is 4.92 Å². The lowest BCUT2D eigenvalue weighted by molar-refractivity contribution is -0.384. The molecule has 0 radical (unpaired) electrons. The number of amides is 1. The fourth-order valence-corrected chi connectivity index (χ4v) is 2.46. The number of methoxy groups -OCH3 is 2. The number of nitrogens with zero attached hydrogens (tertiary/aromatic N) is 1. The monoisotopic (exact) mass is 359 g/mol. The first kappa shape index (κ1) is 19.0. The van der Waals surface area contributed by atoms with E-state index in [1.54, 1.807) is 44.6 Å². The molecule has 0 aliphatic heterocycles. The van der Waals surface area contributed by atoms with Gasteiger partial charge in [-0.3, -0.25) is 14.9 Å². The lowest BCUT2D eigenvalue weighted by atomic mass is 10.1. The normalized spacial score (nSPS) is 11.3. The van der Waals surface area contributed by atoms with Crippen LogP contribution in [0.5, 0.6) is 11.5 Å². The number of nitro groups is 1. The van der Waals surface area contributed by atoms with Crippen molar-refractivity contribution in [3.8, 4) is 11.5 Å². The molecule has 1 amide bonds. The topological polar surface area (TPSA) is 103 Å². The molecule has 0 saturated heterocycles. The van der Waals surface area contributed by atoms with Crippen molar-refractivity contribution >= 4 is 17.3 Å². The molecular formula is C18H21N3O5. The number of rotatable bonds is 8. The molecule has 2 N–H and O–H groups in total. The van der Waals surface area contributed by atoms with E-state index in [9.17, 15) is 14.9 Å². The van der Waals surface area contributed by atoms with Crippen molar-refractivity contribution in [2.45, 2.75) is 13.0 Å². The lowest BCUT2D eigenvalue weighted by Gasteiger charge is -2.18. The molecule has 0 aromatic heterocycles. The second-order valence-corrected chi connectivity index (χ2v) is 5.56. The smallest absolute Gasteiger partial charge is 0.271 e. The summed E-state index contributed by atoms with van der Waals surface area (Å²) in [5.74, 6) is 1.05. The molecule has 0 bridgehead atoms. The fourth-order valence-electron chi connectivity index (χ4n) is 2.46. The zero-order valence-corrected chi connectivity index (χ0v) is 14.8. The number of non-ortho nitro benzene ring substituents is 1. The van der Waals surface area contributed by atoms with Gasteiger partial charge in [0.2, 0.25) is 5.91 Å². The summed E-state index contributed by atoms with van der Waals surface area (Å²) in [7, 11) is 3.13. The Labute approximate surface area is 151 Å². The number of hydrogen-bond donors (Lipinski definition) is 2. The molecule has 2 rings (SSSR count).